The van der Waals surface area contributed by atoms with E-state index in [2.05, 4.69) is 37.4 Å². The number of aliphatic hydroxyl groups is 1. The maximum atomic E-state index is 10.2. The topological polar surface area (TPSA) is 32.3 Å². The minimum atomic E-state index is -0.448. The zero-order valence-corrected chi connectivity index (χ0v) is 10.9. The van der Waals surface area contributed by atoms with E-state index in [-0.39, 0.29) is 0 Å². The standard InChI is InChI=1S/C15H23NO/c1-12-6-5-7-13(2)14(12)10-16-11-15(17)8-3-4-9-15/h5-7,16-17H,3-4,8-11H2,1-2H3. The Kier molecular flexibility index (Phi) is 3.85. The Hall–Kier alpha value is -0.860. The van der Waals surface area contributed by atoms with Gasteiger partial charge in [0.2, 0.25) is 0 Å². The van der Waals surface area contributed by atoms with Crippen LogP contribution in [-0.4, -0.2) is 17.3 Å². The van der Waals surface area contributed by atoms with Gasteiger partial charge in [-0.15, -0.1) is 0 Å². The molecule has 0 unspecified atom stereocenters. The van der Waals surface area contributed by atoms with Gasteiger partial charge in [-0.2, -0.15) is 0 Å². The maximum absolute atomic E-state index is 10.2. The molecule has 0 aliphatic heterocycles. The Bertz CT molecular complexity index is 360. The molecule has 1 aromatic rings. The summed E-state index contributed by atoms with van der Waals surface area (Å²) >= 11 is 0. The van der Waals surface area contributed by atoms with E-state index in [0.29, 0.717) is 0 Å². The minimum absolute atomic E-state index is 0.448. The van der Waals surface area contributed by atoms with Crippen LogP contribution >= 0.6 is 0 Å². The second kappa shape index (κ2) is 5.19. The molecule has 0 bridgehead atoms. The molecule has 0 atom stereocenters. The lowest BCUT2D eigenvalue weighted by Crippen LogP contribution is -2.37. The fraction of sp³-hybridized carbons (Fsp3) is 0.600. The van der Waals surface area contributed by atoms with Crippen LogP contribution in [0.4, 0.5) is 0 Å². The maximum Gasteiger partial charge on any atom is 0.0771 e. The molecule has 0 spiro atoms. The van der Waals surface area contributed by atoms with E-state index in [4.69, 9.17) is 0 Å². The SMILES string of the molecule is Cc1cccc(C)c1CNCC1(O)CCCC1. The molecule has 2 nitrogen and oxygen atoms in total. The lowest BCUT2D eigenvalue weighted by molar-refractivity contribution is 0.0474. The van der Waals surface area contributed by atoms with Crippen molar-refractivity contribution in [3.05, 3.63) is 34.9 Å². The normalized spacial score (nSPS) is 18.5. The van der Waals surface area contributed by atoms with Gasteiger partial charge in [0.05, 0.1) is 5.60 Å². The molecule has 1 fully saturated rings. The first-order valence-corrected chi connectivity index (χ1v) is 6.59. The molecule has 1 aromatic carbocycles. The summed E-state index contributed by atoms with van der Waals surface area (Å²) in [5, 5.41) is 13.7. The molecule has 1 aliphatic carbocycles. The summed E-state index contributed by atoms with van der Waals surface area (Å²) in [7, 11) is 0. The summed E-state index contributed by atoms with van der Waals surface area (Å²) in [6.07, 6.45) is 4.24. The Morgan fingerprint density at radius 1 is 1.18 bits per heavy atom. The highest BCUT2D eigenvalue weighted by atomic mass is 16.3. The highest BCUT2D eigenvalue weighted by Crippen LogP contribution is 2.28. The van der Waals surface area contributed by atoms with Gasteiger partial charge in [-0.05, 0) is 43.4 Å². The van der Waals surface area contributed by atoms with Gasteiger partial charge in [-0.3, -0.25) is 0 Å². The van der Waals surface area contributed by atoms with Crippen molar-refractivity contribution in [2.75, 3.05) is 6.54 Å². The molecule has 0 saturated heterocycles. The molecule has 0 aromatic heterocycles. The van der Waals surface area contributed by atoms with Crippen LogP contribution in [-0.2, 0) is 6.54 Å². The predicted molar refractivity (Wildman–Crippen MR) is 71.0 cm³/mol. The number of hydrogen-bond donors (Lipinski definition) is 2. The minimum Gasteiger partial charge on any atom is -0.389 e. The average molecular weight is 233 g/mol. The fourth-order valence-electron chi connectivity index (χ4n) is 2.76. The Morgan fingerprint density at radius 3 is 2.35 bits per heavy atom. The van der Waals surface area contributed by atoms with Crippen LogP contribution in [0.1, 0.15) is 42.4 Å². The van der Waals surface area contributed by atoms with E-state index >= 15 is 0 Å². The van der Waals surface area contributed by atoms with E-state index < -0.39 is 5.60 Å². The third-order valence-corrected chi connectivity index (χ3v) is 3.93. The molecule has 0 radical (unpaired) electrons. The smallest absolute Gasteiger partial charge is 0.0771 e. The van der Waals surface area contributed by atoms with Crippen LogP contribution in [0.2, 0.25) is 0 Å². The lowest BCUT2D eigenvalue weighted by atomic mass is 10.0. The summed E-state index contributed by atoms with van der Waals surface area (Å²) in [6.45, 7) is 5.88. The summed E-state index contributed by atoms with van der Waals surface area (Å²) in [4.78, 5) is 0. The molecule has 2 N–H and O–H groups in total. The largest absolute Gasteiger partial charge is 0.389 e. The molecular weight excluding hydrogens is 210 g/mol. The van der Waals surface area contributed by atoms with Gasteiger partial charge in [0.25, 0.3) is 0 Å². The number of benzene rings is 1. The van der Waals surface area contributed by atoms with Crippen molar-refractivity contribution in [1.29, 1.82) is 0 Å². The molecule has 17 heavy (non-hydrogen) atoms. The average Bonchev–Trinajstić information content (AvgIpc) is 2.70. The first kappa shape index (κ1) is 12.6. The van der Waals surface area contributed by atoms with Crippen molar-refractivity contribution in [1.82, 2.24) is 5.32 Å². The van der Waals surface area contributed by atoms with E-state index in [0.717, 1.165) is 25.9 Å². The Balaban J connectivity index is 1.90. The van der Waals surface area contributed by atoms with Crippen molar-refractivity contribution < 1.29 is 5.11 Å². The second-order valence-corrected chi connectivity index (χ2v) is 5.41. The summed E-state index contributed by atoms with van der Waals surface area (Å²) in [5.74, 6) is 0. The molecule has 1 aliphatic rings. The number of hydrogen-bond acceptors (Lipinski definition) is 2. The third kappa shape index (κ3) is 3.08. The van der Waals surface area contributed by atoms with E-state index in [9.17, 15) is 5.11 Å². The first-order valence-electron chi connectivity index (χ1n) is 6.59. The van der Waals surface area contributed by atoms with Gasteiger partial charge in [0.15, 0.2) is 0 Å². The molecule has 0 heterocycles. The van der Waals surface area contributed by atoms with E-state index in [1.807, 2.05) is 0 Å². The summed E-state index contributed by atoms with van der Waals surface area (Å²) < 4.78 is 0. The zero-order valence-electron chi connectivity index (χ0n) is 10.9. The van der Waals surface area contributed by atoms with Crippen molar-refractivity contribution in [3.63, 3.8) is 0 Å². The summed E-state index contributed by atoms with van der Waals surface area (Å²) in [5.41, 5.74) is 3.58. The van der Waals surface area contributed by atoms with Crippen molar-refractivity contribution in [3.8, 4) is 0 Å². The van der Waals surface area contributed by atoms with Gasteiger partial charge < -0.3 is 10.4 Å². The second-order valence-electron chi connectivity index (χ2n) is 5.41. The highest BCUT2D eigenvalue weighted by Gasteiger charge is 2.30. The first-order chi connectivity index (χ1) is 8.11. The molecule has 2 heteroatoms. The molecule has 94 valence electrons. The number of nitrogens with one attached hydrogen (secondary N) is 1. The van der Waals surface area contributed by atoms with Gasteiger partial charge >= 0.3 is 0 Å². The van der Waals surface area contributed by atoms with Gasteiger partial charge in [-0.1, -0.05) is 31.0 Å². The fourth-order valence-corrected chi connectivity index (χ4v) is 2.76. The van der Waals surface area contributed by atoms with Crippen molar-refractivity contribution in [2.24, 2.45) is 0 Å². The number of rotatable bonds is 4. The lowest BCUT2D eigenvalue weighted by Gasteiger charge is -2.23. The van der Waals surface area contributed by atoms with Crippen LogP contribution in [0.3, 0.4) is 0 Å². The quantitative estimate of drug-likeness (QED) is 0.838. The van der Waals surface area contributed by atoms with Crippen LogP contribution < -0.4 is 5.32 Å². The summed E-state index contributed by atoms with van der Waals surface area (Å²) in [6, 6.07) is 6.39. The van der Waals surface area contributed by atoms with Crippen LogP contribution in [0.15, 0.2) is 18.2 Å². The van der Waals surface area contributed by atoms with E-state index in [1.54, 1.807) is 0 Å². The monoisotopic (exact) mass is 233 g/mol. The van der Waals surface area contributed by atoms with Gasteiger partial charge in [0, 0.05) is 13.1 Å². The van der Waals surface area contributed by atoms with Crippen molar-refractivity contribution in [2.45, 2.75) is 51.7 Å². The molecule has 0 amide bonds. The zero-order chi connectivity index (χ0) is 12.3. The van der Waals surface area contributed by atoms with Gasteiger partial charge in [-0.25, -0.2) is 0 Å². The number of aryl methyl sites for hydroxylation is 2. The third-order valence-electron chi connectivity index (χ3n) is 3.93. The molecule has 2 rings (SSSR count). The molecule has 1 saturated carbocycles. The predicted octanol–water partition coefficient (Wildman–Crippen LogP) is 2.70. The van der Waals surface area contributed by atoms with Crippen LogP contribution in [0.25, 0.3) is 0 Å². The Labute approximate surface area is 104 Å². The van der Waals surface area contributed by atoms with Crippen molar-refractivity contribution >= 4 is 0 Å². The van der Waals surface area contributed by atoms with Crippen LogP contribution in [0, 0.1) is 13.8 Å². The van der Waals surface area contributed by atoms with Gasteiger partial charge in [0.1, 0.15) is 0 Å². The van der Waals surface area contributed by atoms with E-state index in [1.165, 1.54) is 29.5 Å². The Morgan fingerprint density at radius 2 is 1.76 bits per heavy atom. The van der Waals surface area contributed by atoms with Crippen LogP contribution in [0.5, 0.6) is 0 Å². The highest BCUT2D eigenvalue weighted by molar-refractivity contribution is 5.33. The molecular formula is C15H23NO.